The van der Waals surface area contributed by atoms with Crippen molar-refractivity contribution in [2.45, 2.75) is 57.0 Å². The molecule has 1 aliphatic carbocycles. The van der Waals surface area contributed by atoms with Crippen molar-refractivity contribution < 1.29 is 24.4 Å². The molecule has 1 saturated heterocycles. The van der Waals surface area contributed by atoms with Gasteiger partial charge in [0.05, 0.1) is 24.0 Å². The standard InChI is InChI=1S/C17H26BNO5S/c1-2-24-16(20)12-15-17(21)19(11-7-3-6-10-18(22)23)13-8-4-5-9-14(13)25-15/h8-9,15,22-23H,2-7,10-12H2,1H3. The van der Waals surface area contributed by atoms with Gasteiger partial charge < -0.3 is 19.7 Å². The van der Waals surface area contributed by atoms with Gasteiger partial charge in [0.25, 0.3) is 0 Å². The third-order valence-electron chi connectivity index (χ3n) is 4.19. The van der Waals surface area contributed by atoms with Crippen LogP contribution in [-0.4, -0.2) is 52.3 Å². The summed E-state index contributed by atoms with van der Waals surface area (Å²) in [6.07, 6.45) is 8.87. The second-order valence-corrected chi connectivity index (χ2v) is 7.42. The number of fused-ring (bicyclic) bond motifs is 1. The molecule has 6 nitrogen and oxygen atoms in total. The highest BCUT2D eigenvalue weighted by molar-refractivity contribution is 8.04. The smallest absolute Gasteiger partial charge is 0.451 e. The van der Waals surface area contributed by atoms with Gasteiger partial charge in [-0.15, -0.1) is 11.8 Å². The molecule has 0 radical (unpaired) electrons. The number of ether oxygens (including phenoxy) is 1. The summed E-state index contributed by atoms with van der Waals surface area (Å²) >= 11 is 1.46. The van der Waals surface area contributed by atoms with E-state index in [1.807, 2.05) is 0 Å². The van der Waals surface area contributed by atoms with Crippen LogP contribution in [0.4, 0.5) is 0 Å². The van der Waals surface area contributed by atoms with Gasteiger partial charge in [-0.3, -0.25) is 9.59 Å². The highest BCUT2D eigenvalue weighted by Gasteiger charge is 2.37. The summed E-state index contributed by atoms with van der Waals surface area (Å²) in [6.45, 7) is 2.66. The highest BCUT2D eigenvalue weighted by Crippen LogP contribution is 2.41. The molecule has 2 N–H and O–H groups in total. The zero-order valence-electron chi connectivity index (χ0n) is 14.6. The normalized spacial score (nSPS) is 19.9. The number of carbonyl (C=O) groups excluding carboxylic acids is 2. The maximum Gasteiger partial charge on any atom is 0.451 e. The largest absolute Gasteiger partial charge is 0.466 e. The fourth-order valence-electron chi connectivity index (χ4n) is 2.99. The van der Waals surface area contributed by atoms with Gasteiger partial charge in [-0.25, -0.2) is 0 Å². The average Bonchev–Trinajstić information content (AvgIpc) is 2.57. The molecule has 2 aliphatic rings. The molecule has 0 saturated carbocycles. The predicted octanol–water partition coefficient (Wildman–Crippen LogP) is 2.09. The van der Waals surface area contributed by atoms with Gasteiger partial charge in [0.2, 0.25) is 5.91 Å². The van der Waals surface area contributed by atoms with Gasteiger partial charge in [0.15, 0.2) is 0 Å². The molecule has 0 aromatic rings. The number of hydrogen-bond acceptors (Lipinski definition) is 6. The SMILES string of the molecule is CCOC(=O)CC1SC2=CCCC=C2N(CCCCCB(O)O)C1=O. The van der Waals surface area contributed by atoms with Crippen LogP contribution >= 0.6 is 11.8 Å². The van der Waals surface area contributed by atoms with Gasteiger partial charge in [-0.2, -0.15) is 0 Å². The van der Waals surface area contributed by atoms with E-state index in [0.29, 0.717) is 25.9 Å². The Hall–Kier alpha value is -1.25. The molecule has 0 spiro atoms. The lowest BCUT2D eigenvalue weighted by Crippen LogP contribution is -2.43. The van der Waals surface area contributed by atoms with Crippen molar-refractivity contribution in [1.82, 2.24) is 4.90 Å². The second-order valence-electron chi connectivity index (χ2n) is 6.17. The van der Waals surface area contributed by atoms with Crippen LogP contribution < -0.4 is 0 Å². The molecule has 1 unspecified atom stereocenters. The number of rotatable bonds is 9. The Bertz CT molecular complexity index is 549. The minimum absolute atomic E-state index is 0.0365. The first-order valence-electron chi connectivity index (χ1n) is 8.93. The number of hydrogen-bond donors (Lipinski definition) is 2. The number of amides is 1. The Morgan fingerprint density at radius 2 is 2.08 bits per heavy atom. The van der Waals surface area contributed by atoms with E-state index in [1.54, 1.807) is 11.8 Å². The van der Waals surface area contributed by atoms with Gasteiger partial charge in [0, 0.05) is 11.4 Å². The van der Waals surface area contributed by atoms with E-state index >= 15 is 0 Å². The third-order valence-corrected chi connectivity index (χ3v) is 5.47. The van der Waals surface area contributed by atoms with Crippen LogP contribution in [0.3, 0.4) is 0 Å². The van der Waals surface area contributed by atoms with Crippen molar-refractivity contribution in [2.75, 3.05) is 13.2 Å². The lowest BCUT2D eigenvalue weighted by Gasteiger charge is -2.37. The predicted molar refractivity (Wildman–Crippen MR) is 98.6 cm³/mol. The summed E-state index contributed by atoms with van der Waals surface area (Å²) in [5.41, 5.74) is 0.962. The molecular formula is C17H26BNO5S. The summed E-state index contributed by atoms with van der Waals surface area (Å²) in [6, 6.07) is 0. The highest BCUT2D eigenvalue weighted by atomic mass is 32.2. The minimum atomic E-state index is -1.27. The van der Waals surface area contributed by atoms with E-state index in [1.165, 1.54) is 11.8 Å². The van der Waals surface area contributed by atoms with Crippen LogP contribution in [0, 0.1) is 0 Å². The van der Waals surface area contributed by atoms with Crippen LogP contribution in [0.15, 0.2) is 22.8 Å². The number of allylic oxidation sites excluding steroid dienone is 2. The first kappa shape index (κ1) is 20.1. The molecule has 1 heterocycles. The number of esters is 1. The van der Waals surface area contributed by atoms with E-state index in [-0.39, 0.29) is 18.3 Å². The first-order chi connectivity index (χ1) is 12.0. The van der Waals surface area contributed by atoms with E-state index in [4.69, 9.17) is 14.8 Å². The minimum Gasteiger partial charge on any atom is -0.466 e. The fourth-order valence-corrected chi connectivity index (χ4v) is 4.27. The number of thioether (sulfide) groups is 1. The van der Waals surface area contributed by atoms with Gasteiger partial charge in [0.1, 0.15) is 0 Å². The molecule has 25 heavy (non-hydrogen) atoms. The van der Waals surface area contributed by atoms with E-state index in [2.05, 4.69) is 12.2 Å². The van der Waals surface area contributed by atoms with Crippen molar-refractivity contribution >= 4 is 30.8 Å². The number of nitrogens with zero attached hydrogens (tertiary/aromatic N) is 1. The molecule has 1 aliphatic heterocycles. The summed E-state index contributed by atoms with van der Waals surface area (Å²) in [5.74, 6) is -0.375. The molecule has 1 amide bonds. The van der Waals surface area contributed by atoms with Crippen molar-refractivity contribution in [3.05, 3.63) is 22.8 Å². The molecule has 0 aromatic carbocycles. The molecule has 0 aromatic heterocycles. The van der Waals surface area contributed by atoms with Crippen LogP contribution in [-0.2, 0) is 14.3 Å². The van der Waals surface area contributed by atoms with Crippen molar-refractivity contribution in [1.29, 1.82) is 0 Å². The maximum atomic E-state index is 12.8. The van der Waals surface area contributed by atoms with Crippen LogP contribution in [0.5, 0.6) is 0 Å². The molecular weight excluding hydrogens is 341 g/mol. The fraction of sp³-hybridized carbons (Fsp3) is 0.647. The third kappa shape index (κ3) is 5.90. The van der Waals surface area contributed by atoms with Crippen LogP contribution in [0.1, 0.15) is 45.4 Å². The van der Waals surface area contributed by atoms with Gasteiger partial charge in [-0.05, 0) is 32.5 Å². The van der Waals surface area contributed by atoms with Gasteiger partial charge >= 0.3 is 13.1 Å². The Labute approximate surface area is 153 Å². The number of carbonyl (C=O) groups is 2. The van der Waals surface area contributed by atoms with Crippen molar-refractivity contribution in [3.63, 3.8) is 0 Å². The van der Waals surface area contributed by atoms with Crippen molar-refractivity contribution in [2.24, 2.45) is 0 Å². The summed E-state index contributed by atoms with van der Waals surface area (Å²) in [7, 11) is -1.27. The monoisotopic (exact) mass is 367 g/mol. The lowest BCUT2D eigenvalue weighted by molar-refractivity contribution is -0.145. The lowest BCUT2D eigenvalue weighted by atomic mass is 9.83. The van der Waals surface area contributed by atoms with E-state index in [0.717, 1.165) is 36.3 Å². The maximum absolute atomic E-state index is 12.8. The quantitative estimate of drug-likeness (QED) is 0.369. The molecule has 0 bridgehead atoms. The second kappa shape index (κ2) is 10.0. The van der Waals surface area contributed by atoms with E-state index in [9.17, 15) is 9.59 Å². The molecule has 1 fully saturated rings. The topological polar surface area (TPSA) is 87.1 Å². The molecule has 138 valence electrons. The van der Waals surface area contributed by atoms with Gasteiger partial charge in [-0.1, -0.05) is 25.0 Å². The average molecular weight is 367 g/mol. The Morgan fingerprint density at radius 1 is 1.32 bits per heavy atom. The van der Waals surface area contributed by atoms with Crippen LogP contribution in [0.2, 0.25) is 6.32 Å². The Balaban J connectivity index is 1.98. The van der Waals surface area contributed by atoms with Crippen molar-refractivity contribution in [3.8, 4) is 0 Å². The summed E-state index contributed by atoms with van der Waals surface area (Å²) in [5, 5.41) is 17.3. The summed E-state index contributed by atoms with van der Waals surface area (Å²) in [4.78, 5) is 27.5. The zero-order valence-corrected chi connectivity index (χ0v) is 15.5. The molecule has 8 heteroatoms. The number of unbranched alkanes of at least 4 members (excludes halogenated alkanes) is 2. The first-order valence-corrected chi connectivity index (χ1v) is 9.81. The zero-order chi connectivity index (χ0) is 18.2. The molecule has 2 rings (SSSR count). The Morgan fingerprint density at radius 3 is 2.80 bits per heavy atom. The van der Waals surface area contributed by atoms with Crippen LogP contribution in [0.25, 0.3) is 0 Å². The summed E-state index contributed by atoms with van der Waals surface area (Å²) < 4.78 is 5.00. The Kier molecular flexibility index (Phi) is 8.06. The van der Waals surface area contributed by atoms with E-state index < -0.39 is 12.4 Å². The molecule has 1 atom stereocenters.